The summed E-state index contributed by atoms with van der Waals surface area (Å²) in [6.45, 7) is -0.313. The van der Waals surface area contributed by atoms with E-state index < -0.39 is 23.2 Å². The zero-order valence-corrected chi connectivity index (χ0v) is 9.19. The number of hydrogen-bond donors (Lipinski definition) is 2. The monoisotopic (exact) mass is 256 g/mol. The van der Waals surface area contributed by atoms with Crippen molar-refractivity contribution in [3.05, 3.63) is 35.4 Å². The number of hydrogen-bond acceptors (Lipinski definition) is 4. The second kappa shape index (κ2) is 4.34. The highest BCUT2D eigenvalue weighted by Gasteiger charge is 2.46. The Morgan fingerprint density at radius 1 is 1.56 bits per heavy atom. The number of carboxylic acids is 1. The van der Waals surface area contributed by atoms with Gasteiger partial charge in [0.25, 0.3) is 5.60 Å². The van der Waals surface area contributed by atoms with Crippen LogP contribution in [-0.4, -0.2) is 28.9 Å². The molecule has 1 heterocycles. The lowest BCUT2D eigenvalue weighted by Gasteiger charge is -2.18. The van der Waals surface area contributed by atoms with E-state index in [1.807, 2.05) is 0 Å². The van der Waals surface area contributed by atoms with E-state index in [0.717, 1.165) is 18.2 Å². The van der Waals surface area contributed by atoms with Crippen molar-refractivity contribution in [2.24, 2.45) is 10.9 Å². The molecule has 1 aliphatic heterocycles. The van der Waals surface area contributed by atoms with Crippen molar-refractivity contribution in [2.45, 2.75) is 12.0 Å². The number of oxime groups is 1. The van der Waals surface area contributed by atoms with Crippen LogP contribution in [0.1, 0.15) is 12.0 Å². The molecule has 1 aliphatic rings. The largest absolute Gasteiger partial charge is 0.478 e. The van der Waals surface area contributed by atoms with Crippen LogP contribution in [0.4, 0.5) is 8.78 Å². The predicted molar refractivity (Wildman–Crippen MR) is 58.0 cm³/mol. The van der Waals surface area contributed by atoms with E-state index in [1.165, 1.54) is 0 Å². The summed E-state index contributed by atoms with van der Waals surface area (Å²) >= 11 is 0. The molecule has 1 aromatic carbocycles. The van der Waals surface area contributed by atoms with Gasteiger partial charge in [-0.3, -0.25) is 0 Å². The van der Waals surface area contributed by atoms with Gasteiger partial charge in [-0.1, -0.05) is 5.16 Å². The first-order chi connectivity index (χ1) is 8.48. The van der Waals surface area contributed by atoms with Crippen LogP contribution >= 0.6 is 0 Å². The molecule has 18 heavy (non-hydrogen) atoms. The van der Waals surface area contributed by atoms with Crippen LogP contribution in [0.5, 0.6) is 0 Å². The molecule has 0 aliphatic carbocycles. The van der Waals surface area contributed by atoms with Crippen LogP contribution in [-0.2, 0) is 9.63 Å². The van der Waals surface area contributed by atoms with Gasteiger partial charge in [-0.05, 0) is 18.2 Å². The predicted octanol–water partition coefficient (Wildman–Crippen LogP) is 0.871. The van der Waals surface area contributed by atoms with E-state index >= 15 is 0 Å². The number of halogens is 2. The second-order valence-electron chi connectivity index (χ2n) is 3.93. The van der Waals surface area contributed by atoms with E-state index in [4.69, 9.17) is 15.7 Å². The van der Waals surface area contributed by atoms with Gasteiger partial charge in [-0.25, -0.2) is 13.6 Å². The molecule has 1 atom stereocenters. The molecule has 0 spiro atoms. The Kier molecular flexibility index (Phi) is 3.00. The minimum atomic E-state index is -1.70. The minimum Gasteiger partial charge on any atom is -0.478 e. The van der Waals surface area contributed by atoms with Gasteiger partial charge in [-0.2, -0.15) is 0 Å². The topological polar surface area (TPSA) is 84.9 Å². The standard InChI is InChI=1S/C11H10F2N2O3/c12-6-1-2-8(13)7(3-6)9-4-11(5-14,10(16)17)18-15-9/h1-3H,4-5,14H2,(H,16,17). The molecule has 96 valence electrons. The third-order valence-electron chi connectivity index (χ3n) is 2.74. The molecule has 0 bridgehead atoms. The molecule has 7 heteroatoms. The van der Waals surface area contributed by atoms with Gasteiger partial charge in [0.05, 0.1) is 5.71 Å². The summed E-state index contributed by atoms with van der Waals surface area (Å²) in [5.41, 5.74) is 3.54. The summed E-state index contributed by atoms with van der Waals surface area (Å²) < 4.78 is 26.5. The Hall–Kier alpha value is -2.02. The van der Waals surface area contributed by atoms with Crippen LogP contribution in [0.15, 0.2) is 23.4 Å². The summed E-state index contributed by atoms with van der Waals surface area (Å²) in [5.74, 6) is -2.63. The number of carboxylic acid groups (broad SMARTS) is 1. The summed E-state index contributed by atoms with van der Waals surface area (Å²) in [6.07, 6.45) is -0.209. The Morgan fingerprint density at radius 2 is 2.28 bits per heavy atom. The number of aliphatic carboxylic acids is 1. The van der Waals surface area contributed by atoms with Crippen molar-refractivity contribution in [2.75, 3.05) is 6.54 Å². The average Bonchev–Trinajstić information content (AvgIpc) is 2.78. The minimum absolute atomic E-state index is 0.0276. The molecule has 0 fully saturated rings. The SMILES string of the molecule is NCC1(C(=O)O)CC(c2cc(F)ccc2F)=NO1. The highest BCUT2D eigenvalue weighted by Crippen LogP contribution is 2.27. The quantitative estimate of drug-likeness (QED) is 0.840. The van der Waals surface area contributed by atoms with Crippen molar-refractivity contribution in [1.82, 2.24) is 0 Å². The molecule has 1 unspecified atom stereocenters. The number of nitrogens with zero attached hydrogens (tertiary/aromatic N) is 1. The molecule has 0 aromatic heterocycles. The highest BCUT2D eigenvalue weighted by atomic mass is 19.1. The fraction of sp³-hybridized carbons (Fsp3) is 0.273. The van der Waals surface area contributed by atoms with E-state index in [0.29, 0.717) is 0 Å². The molecule has 0 saturated carbocycles. The Morgan fingerprint density at radius 3 is 2.83 bits per heavy atom. The van der Waals surface area contributed by atoms with E-state index in [2.05, 4.69) is 5.16 Å². The Bertz CT molecular complexity index is 533. The molecule has 5 nitrogen and oxygen atoms in total. The van der Waals surface area contributed by atoms with Gasteiger partial charge >= 0.3 is 5.97 Å². The number of benzene rings is 1. The molecule has 3 N–H and O–H groups in total. The molecule has 2 rings (SSSR count). The smallest absolute Gasteiger partial charge is 0.352 e. The molecule has 0 amide bonds. The van der Waals surface area contributed by atoms with Gasteiger partial charge in [0.1, 0.15) is 11.6 Å². The highest BCUT2D eigenvalue weighted by molar-refractivity contribution is 6.04. The zero-order chi connectivity index (χ0) is 13.3. The third kappa shape index (κ3) is 1.92. The van der Waals surface area contributed by atoms with Crippen LogP contribution < -0.4 is 5.73 Å². The number of carbonyl (C=O) groups is 1. The van der Waals surface area contributed by atoms with E-state index in [9.17, 15) is 13.6 Å². The summed E-state index contributed by atoms with van der Waals surface area (Å²) in [5, 5.41) is 12.5. The first kappa shape index (κ1) is 12.4. The molecule has 1 aromatic rings. The Labute approximate surface area is 101 Å². The zero-order valence-electron chi connectivity index (χ0n) is 9.19. The van der Waals surface area contributed by atoms with Crippen molar-refractivity contribution >= 4 is 11.7 Å². The number of rotatable bonds is 3. The Balaban J connectivity index is 2.33. The maximum Gasteiger partial charge on any atom is 0.352 e. The fourth-order valence-corrected chi connectivity index (χ4v) is 1.65. The first-order valence-electron chi connectivity index (χ1n) is 5.12. The normalized spacial score (nSPS) is 22.5. The summed E-state index contributed by atoms with van der Waals surface area (Å²) in [4.78, 5) is 15.8. The van der Waals surface area contributed by atoms with E-state index in [1.54, 1.807) is 0 Å². The van der Waals surface area contributed by atoms with E-state index in [-0.39, 0.29) is 24.2 Å². The average molecular weight is 256 g/mol. The van der Waals surface area contributed by atoms with Crippen molar-refractivity contribution in [1.29, 1.82) is 0 Å². The van der Waals surface area contributed by atoms with Crippen LogP contribution in [0.2, 0.25) is 0 Å². The maximum atomic E-state index is 13.5. The molecule has 0 radical (unpaired) electrons. The van der Waals surface area contributed by atoms with Gasteiger partial charge < -0.3 is 15.7 Å². The lowest BCUT2D eigenvalue weighted by molar-refractivity contribution is -0.161. The van der Waals surface area contributed by atoms with Crippen LogP contribution in [0.25, 0.3) is 0 Å². The van der Waals surface area contributed by atoms with Gasteiger partial charge in [0, 0.05) is 18.5 Å². The van der Waals surface area contributed by atoms with Crippen molar-refractivity contribution in [3.8, 4) is 0 Å². The molecular weight excluding hydrogens is 246 g/mol. The van der Waals surface area contributed by atoms with Crippen molar-refractivity contribution in [3.63, 3.8) is 0 Å². The maximum absolute atomic E-state index is 13.5. The summed E-state index contributed by atoms with van der Waals surface area (Å²) in [7, 11) is 0. The van der Waals surface area contributed by atoms with Crippen LogP contribution in [0, 0.1) is 11.6 Å². The van der Waals surface area contributed by atoms with Crippen LogP contribution in [0.3, 0.4) is 0 Å². The third-order valence-corrected chi connectivity index (χ3v) is 2.74. The van der Waals surface area contributed by atoms with Gasteiger partial charge in [-0.15, -0.1) is 0 Å². The summed E-state index contributed by atoms with van der Waals surface area (Å²) in [6, 6.07) is 2.84. The van der Waals surface area contributed by atoms with Gasteiger partial charge in [0.2, 0.25) is 0 Å². The molecular formula is C11H10F2N2O3. The molecule has 0 saturated heterocycles. The first-order valence-corrected chi connectivity index (χ1v) is 5.12. The lowest BCUT2D eigenvalue weighted by atomic mass is 9.94. The van der Waals surface area contributed by atoms with Crippen molar-refractivity contribution < 1.29 is 23.5 Å². The second-order valence-corrected chi connectivity index (χ2v) is 3.93. The number of nitrogens with two attached hydrogens (primary N) is 1. The van der Waals surface area contributed by atoms with Gasteiger partial charge in [0.15, 0.2) is 0 Å². The lowest BCUT2D eigenvalue weighted by Crippen LogP contribution is -2.46. The fourth-order valence-electron chi connectivity index (χ4n) is 1.65.